The second kappa shape index (κ2) is 5.14. The predicted molar refractivity (Wildman–Crippen MR) is 81.4 cm³/mol. The first kappa shape index (κ1) is 13.5. The van der Waals surface area contributed by atoms with Crippen molar-refractivity contribution < 1.29 is 9.18 Å². The lowest BCUT2D eigenvalue weighted by molar-refractivity contribution is 0.102. The van der Waals surface area contributed by atoms with Gasteiger partial charge in [-0.3, -0.25) is 9.59 Å². The van der Waals surface area contributed by atoms with Gasteiger partial charge in [-0.1, -0.05) is 11.3 Å². The van der Waals surface area contributed by atoms with Crippen LogP contribution in [0, 0.1) is 5.82 Å². The summed E-state index contributed by atoms with van der Waals surface area (Å²) < 4.78 is 15.2. The van der Waals surface area contributed by atoms with Crippen molar-refractivity contribution in [2.75, 3.05) is 5.32 Å². The molecule has 0 aliphatic heterocycles. The Morgan fingerprint density at radius 2 is 1.90 bits per heavy atom. The maximum absolute atomic E-state index is 12.8. The van der Waals surface area contributed by atoms with Crippen LogP contribution >= 0.6 is 11.3 Å². The van der Waals surface area contributed by atoms with E-state index in [9.17, 15) is 14.0 Å². The minimum absolute atomic E-state index is 0.0491. The van der Waals surface area contributed by atoms with Crippen LogP contribution in [-0.2, 0) is 7.05 Å². The van der Waals surface area contributed by atoms with Crippen molar-refractivity contribution in [2.24, 2.45) is 7.05 Å². The van der Waals surface area contributed by atoms with E-state index in [0.717, 1.165) is 21.6 Å². The number of carbonyl (C=O) groups excluding carboxylic acids is 1. The van der Waals surface area contributed by atoms with Crippen molar-refractivity contribution in [3.8, 4) is 0 Å². The minimum atomic E-state index is -0.387. The molecule has 0 bridgehead atoms. The van der Waals surface area contributed by atoms with Crippen molar-refractivity contribution in [3.05, 3.63) is 63.5 Å². The molecule has 106 valence electrons. The summed E-state index contributed by atoms with van der Waals surface area (Å²) in [4.78, 5) is 23.6. The van der Waals surface area contributed by atoms with Gasteiger partial charge in [-0.25, -0.2) is 4.39 Å². The second-order valence-electron chi connectivity index (χ2n) is 4.57. The quantitative estimate of drug-likeness (QED) is 0.791. The van der Waals surface area contributed by atoms with Crippen LogP contribution in [0.4, 0.5) is 10.1 Å². The number of halogens is 1. The van der Waals surface area contributed by atoms with Gasteiger partial charge < -0.3 is 9.88 Å². The molecule has 0 spiro atoms. The van der Waals surface area contributed by atoms with Crippen LogP contribution in [0.2, 0.25) is 0 Å². The Hall–Kier alpha value is -2.47. The molecule has 0 aliphatic carbocycles. The summed E-state index contributed by atoms with van der Waals surface area (Å²) in [5.41, 5.74) is 1.79. The number of nitrogens with one attached hydrogen (secondary N) is 1. The number of hydrogen-bond donors (Lipinski definition) is 1. The van der Waals surface area contributed by atoms with Gasteiger partial charge in [0.15, 0.2) is 0 Å². The SMILES string of the molecule is Cn1c(=O)sc2cc(NC(=O)c3ccc(F)cc3)ccc21. The molecule has 3 rings (SSSR count). The number of thiazole rings is 1. The number of aryl methyl sites for hydroxylation is 1. The third-order valence-corrected chi connectivity index (χ3v) is 4.15. The van der Waals surface area contributed by atoms with Crippen molar-refractivity contribution in [2.45, 2.75) is 0 Å². The van der Waals surface area contributed by atoms with Gasteiger partial charge in [0, 0.05) is 18.3 Å². The smallest absolute Gasteiger partial charge is 0.307 e. The molecule has 1 aromatic heterocycles. The summed E-state index contributed by atoms with van der Waals surface area (Å²) in [7, 11) is 1.71. The highest BCUT2D eigenvalue weighted by Crippen LogP contribution is 2.21. The van der Waals surface area contributed by atoms with E-state index in [1.54, 1.807) is 29.8 Å². The number of aromatic nitrogens is 1. The van der Waals surface area contributed by atoms with Crippen molar-refractivity contribution in [1.82, 2.24) is 4.57 Å². The van der Waals surface area contributed by atoms with Crippen LogP contribution in [0.5, 0.6) is 0 Å². The molecule has 0 fully saturated rings. The molecule has 0 saturated heterocycles. The fraction of sp³-hybridized carbons (Fsp3) is 0.0667. The molecule has 1 heterocycles. The summed E-state index contributed by atoms with van der Waals surface area (Å²) in [6.45, 7) is 0. The first-order valence-electron chi connectivity index (χ1n) is 6.21. The number of nitrogens with zero attached hydrogens (tertiary/aromatic N) is 1. The van der Waals surface area contributed by atoms with Crippen LogP contribution < -0.4 is 10.2 Å². The zero-order valence-electron chi connectivity index (χ0n) is 11.1. The predicted octanol–water partition coefficient (Wildman–Crippen LogP) is 2.99. The molecule has 0 saturated carbocycles. The summed E-state index contributed by atoms with van der Waals surface area (Å²) in [6, 6.07) is 10.6. The van der Waals surface area contributed by atoms with Crippen molar-refractivity contribution >= 4 is 33.1 Å². The third kappa shape index (κ3) is 2.57. The fourth-order valence-electron chi connectivity index (χ4n) is 2.02. The fourth-order valence-corrected chi connectivity index (χ4v) is 2.93. The Bertz CT molecular complexity index is 881. The first-order valence-corrected chi connectivity index (χ1v) is 7.03. The van der Waals surface area contributed by atoms with Crippen LogP contribution in [0.3, 0.4) is 0 Å². The summed E-state index contributed by atoms with van der Waals surface area (Å²) in [5, 5.41) is 2.73. The Morgan fingerprint density at radius 1 is 1.19 bits per heavy atom. The van der Waals surface area contributed by atoms with E-state index in [-0.39, 0.29) is 16.6 Å². The van der Waals surface area contributed by atoms with Crippen molar-refractivity contribution in [3.63, 3.8) is 0 Å². The van der Waals surface area contributed by atoms with E-state index >= 15 is 0 Å². The largest absolute Gasteiger partial charge is 0.322 e. The van der Waals surface area contributed by atoms with E-state index in [2.05, 4.69) is 5.32 Å². The van der Waals surface area contributed by atoms with Gasteiger partial charge >= 0.3 is 4.87 Å². The maximum atomic E-state index is 12.8. The molecule has 1 amide bonds. The molecule has 0 atom stereocenters. The van der Waals surface area contributed by atoms with Gasteiger partial charge in [-0.15, -0.1) is 0 Å². The van der Waals surface area contributed by atoms with Gasteiger partial charge in [0.1, 0.15) is 5.82 Å². The molecule has 0 unspecified atom stereocenters. The number of amides is 1. The lowest BCUT2D eigenvalue weighted by atomic mass is 10.2. The lowest BCUT2D eigenvalue weighted by Gasteiger charge is -2.05. The number of hydrogen-bond acceptors (Lipinski definition) is 3. The zero-order valence-corrected chi connectivity index (χ0v) is 11.9. The number of anilines is 1. The van der Waals surface area contributed by atoms with Gasteiger partial charge in [0.2, 0.25) is 0 Å². The van der Waals surface area contributed by atoms with Gasteiger partial charge in [-0.2, -0.15) is 0 Å². The number of fused-ring (bicyclic) bond motifs is 1. The topological polar surface area (TPSA) is 51.1 Å². The van der Waals surface area contributed by atoms with Gasteiger partial charge in [0.25, 0.3) is 5.91 Å². The highest BCUT2D eigenvalue weighted by molar-refractivity contribution is 7.16. The second-order valence-corrected chi connectivity index (χ2v) is 5.56. The number of rotatable bonds is 2. The molecule has 3 aromatic rings. The maximum Gasteiger partial charge on any atom is 0.307 e. The first-order chi connectivity index (χ1) is 10.0. The van der Waals surface area contributed by atoms with Gasteiger partial charge in [-0.05, 0) is 42.5 Å². The van der Waals surface area contributed by atoms with E-state index in [4.69, 9.17) is 0 Å². The Morgan fingerprint density at radius 3 is 2.62 bits per heavy atom. The van der Waals surface area contributed by atoms with Crippen molar-refractivity contribution in [1.29, 1.82) is 0 Å². The van der Waals surface area contributed by atoms with Crippen LogP contribution in [0.15, 0.2) is 47.3 Å². The van der Waals surface area contributed by atoms with Gasteiger partial charge in [0.05, 0.1) is 10.2 Å². The Balaban J connectivity index is 1.89. The average Bonchev–Trinajstić information content (AvgIpc) is 2.74. The standard InChI is InChI=1S/C15H11FN2O2S/c1-18-12-7-6-11(8-13(12)21-15(18)20)17-14(19)9-2-4-10(16)5-3-9/h2-8H,1H3,(H,17,19). The third-order valence-electron chi connectivity index (χ3n) is 3.16. The summed E-state index contributed by atoms with van der Waals surface area (Å²) >= 11 is 1.12. The van der Waals surface area contributed by atoms with Crippen LogP contribution in [0.1, 0.15) is 10.4 Å². The number of carbonyl (C=O) groups is 1. The highest BCUT2D eigenvalue weighted by atomic mass is 32.1. The molecule has 21 heavy (non-hydrogen) atoms. The van der Waals surface area contributed by atoms with E-state index in [1.165, 1.54) is 24.3 Å². The normalized spacial score (nSPS) is 10.8. The minimum Gasteiger partial charge on any atom is -0.322 e. The monoisotopic (exact) mass is 302 g/mol. The Labute approximate surface area is 123 Å². The molecule has 6 heteroatoms. The molecular weight excluding hydrogens is 291 g/mol. The van der Waals surface area contributed by atoms with E-state index in [0.29, 0.717) is 11.3 Å². The summed E-state index contributed by atoms with van der Waals surface area (Å²) in [5.74, 6) is -0.709. The average molecular weight is 302 g/mol. The lowest BCUT2D eigenvalue weighted by Crippen LogP contribution is -2.11. The van der Waals surface area contributed by atoms with E-state index < -0.39 is 0 Å². The molecule has 1 N–H and O–H groups in total. The number of benzene rings is 2. The molecule has 4 nitrogen and oxygen atoms in total. The van der Waals surface area contributed by atoms with Crippen LogP contribution in [0.25, 0.3) is 10.2 Å². The Kier molecular flexibility index (Phi) is 3.31. The van der Waals surface area contributed by atoms with Crippen LogP contribution in [-0.4, -0.2) is 10.5 Å². The highest BCUT2D eigenvalue weighted by Gasteiger charge is 2.09. The van der Waals surface area contributed by atoms with E-state index in [1.807, 2.05) is 0 Å². The molecule has 0 radical (unpaired) electrons. The molecule has 2 aromatic carbocycles. The molecule has 0 aliphatic rings. The summed E-state index contributed by atoms with van der Waals surface area (Å²) in [6.07, 6.45) is 0. The zero-order chi connectivity index (χ0) is 15.0. The molecular formula is C15H11FN2O2S.